The summed E-state index contributed by atoms with van der Waals surface area (Å²) in [6, 6.07) is 12.1. The third-order valence-electron chi connectivity index (χ3n) is 2.78. The zero-order valence-corrected chi connectivity index (χ0v) is 10.3. The van der Waals surface area contributed by atoms with Crippen LogP contribution in [0.15, 0.2) is 55.0 Å². The molecular weight excluding hydrogens is 224 g/mol. The Morgan fingerprint density at radius 2 is 1.78 bits per heavy atom. The number of aromatic amines is 2. The quantitative estimate of drug-likeness (QED) is 0.649. The van der Waals surface area contributed by atoms with Crippen LogP contribution in [0.3, 0.4) is 0 Å². The number of nitrogens with one attached hydrogen (secondary N) is 2. The monoisotopic (exact) mass is 242 g/mol. The molecule has 0 spiro atoms. The van der Waals surface area contributed by atoms with Crippen LogP contribution in [0.25, 0.3) is 10.9 Å². The van der Waals surface area contributed by atoms with E-state index < -0.39 is 0 Å². The van der Waals surface area contributed by atoms with Gasteiger partial charge in [0.05, 0.1) is 0 Å². The largest absolute Gasteiger partial charge is 0.396 e. The minimum atomic E-state index is 0.263. The molecule has 0 aliphatic rings. The molecule has 0 saturated carbocycles. The molecule has 0 aliphatic heterocycles. The van der Waals surface area contributed by atoms with Gasteiger partial charge in [-0.3, -0.25) is 0 Å². The Kier molecular flexibility index (Phi) is 4.61. The van der Waals surface area contributed by atoms with Crippen molar-refractivity contribution in [2.45, 2.75) is 12.8 Å². The molecule has 3 rings (SSSR count). The minimum Gasteiger partial charge on any atom is -0.396 e. The van der Waals surface area contributed by atoms with Gasteiger partial charge in [0.25, 0.3) is 0 Å². The number of para-hydroxylation sites is 1. The topological polar surface area (TPSA) is 51.8 Å². The fraction of sp³-hybridized carbons (Fsp3) is 0.200. The Hall–Kier alpha value is -2.00. The van der Waals surface area contributed by atoms with E-state index in [2.05, 4.69) is 22.1 Å². The number of hydrogen-bond acceptors (Lipinski definition) is 1. The summed E-state index contributed by atoms with van der Waals surface area (Å²) in [6.45, 7) is 0.263. The Balaban J connectivity index is 0.000000202. The maximum atomic E-state index is 8.73. The van der Waals surface area contributed by atoms with Crippen LogP contribution >= 0.6 is 0 Å². The molecule has 3 aromatic rings. The number of aliphatic hydroxyl groups excluding tert-OH is 1. The first kappa shape index (κ1) is 12.5. The highest BCUT2D eigenvalue weighted by Crippen LogP contribution is 2.18. The van der Waals surface area contributed by atoms with Crippen LogP contribution in [-0.2, 0) is 6.42 Å². The molecule has 3 N–H and O–H groups in total. The van der Waals surface area contributed by atoms with Gasteiger partial charge in [-0.25, -0.2) is 0 Å². The van der Waals surface area contributed by atoms with Gasteiger partial charge < -0.3 is 15.1 Å². The Morgan fingerprint density at radius 1 is 1.00 bits per heavy atom. The highest BCUT2D eigenvalue weighted by atomic mass is 16.2. The number of aryl methyl sites for hydroxylation is 1. The molecule has 0 atom stereocenters. The Morgan fingerprint density at radius 3 is 2.44 bits per heavy atom. The molecule has 3 heteroatoms. The van der Waals surface area contributed by atoms with Crippen LogP contribution in [0.2, 0.25) is 0 Å². The van der Waals surface area contributed by atoms with E-state index >= 15 is 0 Å². The summed E-state index contributed by atoms with van der Waals surface area (Å²) in [7, 11) is 0. The summed E-state index contributed by atoms with van der Waals surface area (Å²) in [5.74, 6) is 0. The van der Waals surface area contributed by atoms with Crippen LogP contribution in [0.4, 0.5) is 0 Å². The zero-order chi connectivity index (χ0) is 12.6. The van der Waals surface area contributed by atoms with Crippen molar-refractivity contribution in [3.8, 4) is 0 Å². The molecule has 0 amide bonds. The van der Waals surface area contributed by atoms with E-state index in [0.717, 1.165) is 12.8 Å². The van der Waals surface area contributed by atoms with Crippen LogP contribution in [0, 0.1) is 0 Å². The molecule has 18 heavy (non-hydrogen) atoms. The van der Waals surface area contributed by atoms with Crippen LogP contribution in [0.1, 0.15) is 12.0 Å². The highest BCUT2D eigenvalue weighted by Gasteiger charge is 2.00. The molecule has 2 aromatic heterocycles. The number of aromatic nitrogens is 2. The van der Waals surface area contributed by atoms with Gasteiger partial charge in [-0.1, -0.05) is 18.2 Å². The third-order valence-corrected chi connectivity index (χ3v) is 2.78. The van der Waals surface area contributed by atoms with E-state index in [4.69, 9.17) is 5.11 Å². The van der Waals surface area contributed by atoms with E-state index in [1.165, 1.54) is 16.5 Å². The average Bonchev–Trinajstić information content (AvgIpc) is 3.09. The first-order valence-electron chi connectivity index (χ1n) is 6.15. The molecule has 0 unspecified atom stereocenters. The predicted molar refractivity (Wildman–Crippen MR) is 74.5 cm³/mol. The highest BCUT2D eigenvalue weighted by molar-refractivity contribution is 5.82. The lowest BCUT2D eigenvalue weighted by molar-refractivity contribution is 0.289. The van der Waals surface area contributed by atoms with Crippen molar-refractivity contribution in [1.29, 1.82) is 0 Å². The van der Waals surface area contributed by atoms with Gasteiger partial charge in [-0.15, -0.1) is 0 Å². The standard InChI is InChI=1S/C11H13NO.C4H5N/c13-7-3-4-9-8-12-11-6-2-1-5-10(9)11;1-2-4-5-3-1/h1-2,5-6,8,12-13H,3-4,7H2;1-5H. The van der Waals surface area contributed by atoms with Gasteiger partial charge in [-0.2, -0.15) is 0 Å². The van der Waals surface area contributed by atoms with E-state index in [0.29, 0.717) is 0 Å². The van der Waals surface area contributed by atoms with Gasteiger partial charge >= 0.3 is 0 Å². The van der Waals surface area contributed by atoms with Gasteiger partial charge in [0.15, 0.2) is 0 Å². The summed E-state index contributed by atoms with van der Waals surface area (Å²) in [6.07, 6.45) is 7.56. The van der Waals surface area contributed by atoms with E-state index in [1.54, 1.807) is 0 Å². The number of rotatable bonds is 3. The number of aliphatic hydroxyl groups is 1. The lowest BCUT2D eigenvalue weighted by Gasteiger charge is -1.95. The normalized spacial score (nSPS) is 10.1. The maximum Gasteiger partial charge on any atom is 0.0456 e. The SMILES string of the molecule is OCCCc1c[nH]c2ccccc12.c1cc[nH]c1. The smallest absolute Gasteiger partial charge is 0.0456 e. The van der Waals surface area contributed by atoms with Gasteiger partial charge in [0.2, 0.25) is 0 Å². The molecule has 0 saturated heterocycles. The van der Waals surface area contributed by atoms with Crippen LogP contribution in [0.5, 0.6) is 0 Å². The molecule has 94 valence electrons. The van der Waals surface area contributed by atoms with E-state index in [1.807, 2.05) is 42.9 Å². The van der Waals surface area contributed by atoms with Crippen molar-refractivity contribution < 1.29 is 5.11 Å². The zero-order valence-electron chi connectivity index (χ0n) is 10.3. The van der Waals surface area contributed by atoms with Crippen LogP contribution < -0.4 is 0 Å². The van der Waals surface area contributed by atoms with Gasteiger partial charge in [0, 0.05) is 36.1 Å². The van der Waals surface area contributed by atoms with Crippen molar-refractivity contribution >= 4 is 10.9 Å². The van der Waals surface area contributed by atoms with Crippen molar-refractivity contribution in [2.24, 2.45) is 0 Å². The van der Waals surface area contributed by atoms with Crippen LogP contribution in [-0.4, -0.2) is 21.7 Å². The number of hydrogen-bond donors (Lipinski definition) is 3. The second-order valence-corrected chi connectivity index (χ2v) is 4.07. The number of benzene rings is 1. The van der Waals surface area contributed by atoms with Crippen molar-refractivity contribution in [3.05, 3.63) is 60.6 Å². The van der Waals surface area contributed by atoms with Crippen molar-refractivity contribution in [3.63, 3.8) is 0 Å². The van der Waals surface area contributed by atoms with E-state index in [9.17, 15) is 0 Å². The summed E-state index contributed by atoms with van der Waals surface area (Å²) < 4.78 is 0. The second kappa shape index (κ2) is 6.67. The Bertz CT molecular complexity index is 537. The fourth-order valence-electron chi connectivity index (χ4n) is 1.89. The summed E-state index contributed by atoms with van der Waals surface area (Å²) >= 11 is 0. The molecule has 0 aliphatic carbocycles. The molecule has 0 bridgehead atoms. The lowest BCUT2D eigenvalue weighted by atomic mass is 10.1. The van der Waals surface area contributed by atoms with Gasteiger partial charge in [0.1, 0.15) is 0 Å². The summed E-state index contributed by atoms with van der Waals surface area (Å²) in [5, 5.41) is 10.0. The predicted octanol–water partition coefficient (Wildman–Crippen LogP) is 3.11. The van der Waals surface area contributed by atoms with E-state index in [-0.39, 0.29) is 6.61 Å². The van der Waals surface area contributed by atoms with Crippen molar-refractivity contribution in [1.82, 2.24) is 9.97 Å². The maximum absolute atomic E-state index is 8.73. The van der Waals surface area contributed by atoms with Crippen molar-refractivity contribution in [2.75, 3.05) is 6.61 Å². The molecule has 0 fully saturated rings. The minimum absolute atomic E-state index is 0.263. The molecule has 2 heterocycles. The number of fused-ring (bicyclic) bond motifs is 1. The fourth-order valence-corrected chi connectivity index (χ4v) is 1.89. The van der Waals surface area contributed by atoms with Gasteiger partial charge in [-0.05, 0) is 36.6 Å². The summed E-state index contributed by atoms with van der Waals surface area (Å²) in [5.41, 5.74) is 2.47. The molecule has 0 radical (unpaired) electrons. The molecule has 3 nitrogen and oxygen atoms in total. The molecule has 1 aromatic carbocycles. The third kappa shape index (κ3) is 3.25. The second-order valence-electron chi connectivity index (χ2n) is 4.07. The molecular formula is C15H18N2O. The average molecular weight is 242 g/mol. The summed E-state index contributed by atoms with van der Waals surface area (Å²) in [4.78, 5) is 6.08. The lowest BCUT2D eigenvalue weighted by Crippen LogP contribution is -1.87. The Labute approximate surface area is 106 Å². The first-order chi connectivity index (χ1) is 8.92. The first-order valence-corrected chi connectivity index (χ1v) is 6.15. The number of H-pyrrole nitrogens is 2.